The van der Waals surface area contributed by atoms with Crippen molar-refractivity contribution in [2.24, 2.45) is 0 Å². The van der Waals surface area contributed by atoms with Crippen LogP contribution in [0.1, 0.15) is 22.3 Å². The van der Waals surface area contributed by atoms with Gasteiger partial charge in [-0.25, -0.2) is 0 Å². The van der Waals surface area contributed by atoms with Gasteiger partial charge in [0, 0.05) is 11.1 Å². The summed E-state index contributed by atoms with van der Waals surface area (Å²) in [4.78, 5) is 0. The van der Waals surface area contributed by atoms with Gasteiger partial charge in [0.2, 0.25) is 11.2 Å². The van der Waals surface area contributed by atoms with Gasteiger partial charge >= 0.3 is 0 Å². The van der Waals surface area contributed by atoms with Crippen LogP contribution in [0.3, 0.4) is 0 Å². The van der Waals surface area contributed by atoms with E-state index in [1.54, 1.807) is 0 Å². The molecule has 0 aliphatic carbocycles. The summed E-state index contributed by atoms with van der Waals surface area (Å²) in [6.07, 6.45) is 0. The predicted molar refractivity (Wildman–Crippen MR) is 47.4 cm³/mol. The molecule has 0 spiro atoms. The lowest BCUT2D eigenvalue weighted by molar-refractivity contribution is 0.0575. The van der Waals surface area contributed by atoms with E-state index < -0.39 is 0 Å². The molecule has 0 aliphatic rings. The van der Waals surface area contributed by atoms with Crippen LogP contribution in [-0.2, 0) is 0 Å². The molecule has 1 heterocycles. The quantitative estimate of drug-likeness (QED) is 0.558. The maximum absolute atomic E-state index is 4.92. The summed E-state index contributed by atoms with van der Waals surface area (Å²) in [6, 6.07) is 0. The Morgan fingerprint density at radius 1 is 0.583 bits per heavy atom. The molecule has 0 aliphatic heterocycles. The van der Waals surface area contributed by atoms with Crippen molar-refractivity contribution < 1.29 is 9.15 Å². The monoisotopic (exact) mass is 164 g/mol. The largest absolute Gasteiger partial charge is 0.285 e. The predicted octanol–water partition coefficient (Wildman–Crippen LogP) is 3.26. The van der Waals surface area contributed by atoms with Crippen LogP contribution >= 0.6 is 0 Å². The number of hydrogen-bond acceptors (Lipinski definition) is 2. The minimum Gasteiger partial charge on any atom is -0.285 e. The fourth-order valence-electron chi connectivity index (χ4n) is 1.49. The van der Waals surface area contributed by atoms with E-state index in [1.807, 2.05) is 0 Å². The average Bonchev–Trinajstić information content (AvgIpc) is 1.97. The summed E-state index contributed by atoms with van der Waals surface area (Å²) in [5.41, 5.74) is 6.81. The van der Waals surface area contributed by atoms with Gasteiger partial charge in [-0.05, 0) is 38.8 Å². The number of aryl methyl sites for hydroxylation is 2. The molecule has 2 rings (SSSR count). The van der Waals surface area contributed by atoms with E-state index in [2.05, 4.69) is 27.7 Å². The fourth-order valence-corrected chi connectivity index (χ4v) is 1.49. The molecule has 1 aromatic heterocycles. The molecule has 0 saturated heterocycles. The van der Waals surface area contributed by atoms with Crippen LogP contribution < -0.4 is 0 Å². The molecule has 0 unspecified atom stereocenters. The summed E-state index contributed by atoms with van der Waals surface area (Å²) in [6.45, 7) is 8.34. The molecule has 64 valence electrons. The molecular formula is C10H12O2. The van der Waals surface area contributed by atoms with Crippen LogP contribution in [0.15, 0.2) is 9.15 Å². The average molecular weight is 164 g/mol. The maximum Gasteiger partial charge on any atom is 0.229 e. The molecule has 2 nitrogen and oxygen atoms in total. The van der Waals surface area contributed by atoms with Crippen molar-refractivity contribution >= 4 is 11.2 Å². The van der Waals surface area contributed by atoms with Gasteiger partial charge in [0.25, 0.3) is 0 Å². The molecule has 2 heteroatoms. The van der Waals surface area contributed by atoms with Gasteiger partial charge in [-0.3, -0.25) is 9.15 Å². The van der Waals surface area contributed by atoms with E-state index >= 15 is 0 Å². The molecule has 0 amide bonds. The Hall–Kier alpha value is -1.18. The topological polar surface area (TPSA) is 26.3 Å². The van der Waals surface area contributed by atoms with Gasteiger partial charge in [0.15, 0.2) is 0 Å². The van der Waals surface area contributed by atoms with E-state index in [9.17, 15) is 0 Å². The first-order valence-corrected chi connectivity index (χ1v) is 4.07. The molecule has 0 N–H and O–H groups in total. The Kier molecular flexibility index (Phi) is 1.34. The van der Waals surface area contributed by atoms with Gasteiger partial charge in [-0.15, -0.1) is 0 Å². The fraction of sp³-hybridized carbons (Fsp3) is 0.400. The normalized spacial score (nSPS) is 11.3. The zero-order valence-corrected chi connectivity index (χ0v) is 7.82. The summed E-state index contributed by atoms with van der Waals surface area (Å²) in [7, 11) is 0. The van der Waals surface area contributed by atoms with Gasteiger partial charge in [0.1, 0.15) is 0 Å². The highest BCUT2D eigenvalue weighted by atomic mass is 17.0. The van der Waals surface area contributed by atoms with Crippen LogP contribution in [0.5, 0.6) is 0 Å². The zero-order valence-electron chi connectivity index (χ0n) is 7.82. The minimum absolute atomic E-state index is 0.913. The third-order valence-electron chi connectivity index (χ3n) is 2.78. The lowest BCUT2D eigenvalue weighted by atomic mass is 9.98. The second-order valence-corrected chi connectivity index (χ2v) is 3.32. The SMILES string of the molecule is Cc1c(C)c(C)c2ooc2c1C. The van der Waals surface area contributed by atoms with E-state index in [1.165, 1.54) is 22.3 Å². The van der Waals surface area contributed by atoms with Crippen molar-refractivity contribution in [3.63, 3.8) is 0 Å². The molecule has 1 aromatic carbocycles. The Morgan fingerprint density at radius 2 is 0.917 bits per heavy atom. The smallest absolute Gasteiger partial charge is 0.229 e. The summed E-state index contributed by atoms with van der Waals surface area (Å²) in [5, 5.41) is 0. The van der Waals surface area contributed by atoms with Gasteiger partial charge < -0.3 is 0 Å². The molecule has 0 saturated carbocycles. The first kappa shape index (κ1) is 7.47. The van der Waals surface area contributed by atoms with E-state index in [0.29, 0.717) is 0 Å². The standard InChI is InChI=1S/C10H12O2/c1-5-6(2)8(4)10-9(7(5)3)11-12-10/h1-4H3. The molecule has 0 bridgehead atoms. The van der Waals surface area contributed by atoms with Crippen LogP contribution in [0.4, 0.5) is 0 Å². The second-order valence-electron chi connectivity index (χ2n) is 3.32. The Balaban J connectivity index is 2.92. The van der Waals surface area contributed by atoms with Gasteiger partial charge in [0.05, 0.1) is 0 Å². The highest BCUT2D eigenvalue weighted by Gasteiger charge is 2.16. The van der Waals surface area contributed by atoms with Crippen LogP contribution in [0.2, 0.25) is 0 Å². The van der Waals surface area contributed by atoms with Crippen molar-refractivity contribution in [3.05, 3.63) is 22.3 Å². The van der Waals surface area contributed by atoms with E-state index in [4.69, 9.17) is 9.15 Å². The van der Waals surface area contributed by atoms with Gasteiger partial charge in [-0.1, -0.05) is 0 Å². The third kappa shape index (κ3) is 0.697. The van der Waals surface area contributed by atoms with Crippen LogP contribution in [0.25, 0.3) is 11.2 Å². The van der Waals surface area contributed by atoms with Crippen molar-refractivity contribution in [2.45, 2.75) is 27.7 Å². The number of fused-ring (bicyclic) bond motifs is 1. The summed E-state index contributed by atoms with van der Waals surface area (Å²) < 4.78 is 9.85. The highest BCUT2D eigenvalue weighted by molar-refractivity contribution is 5.81. The summed E-state index contributed by atoms with van der Waals surface area (Å²) >= 11 is 0. The highest BCUT2D eigenvalue weighted by Crippen LogP contribution is 2.31. The maximum atomic E-state index is 4.92. The summed E-state index contributed by atoms with van der Waals surface area (Å²) in [5.74, 6) is 0. The van der Waals surface area contributed by atoms with Crippen LogP contribution in [0, 0.1) is 27.7 Å². The second kappa shape index (κ2) is 2.16. The molecule has 2 aromatic rings. The first-order valence-electron chi connectivity index (χ1n) is 4.07. The van der Waals surface area contributed by atoms with Crippen LogP contribution in [-0.4, -0.2) is 0 Å². The Bertz CT molecular complexity index is 391. The zero-order chi connectivity index (χ0) is 8.88. The third-order valence-corrected chi connectivity index (χ3v) is 2.78. The lowest BCUT2D eigenvalue weighted by Gasteiger charge is -2.11. The van der Waals surface area contributed by atoms with Crippen molar-refractivity contribution in [1.29, 1.82) is 0 Å². The number of benzene rings is 1. The molecular weight excluding hydrogens is 152 g/mol. The lowest BCUT2D eigenvalue weighted by Crippen LogP contribution is -1.95. The van der Waals surface area contributed by atoms with Gasteiger partial charge in [-0.2, -0.15) is 0 Å². The van der Waals surface area contributed by atoms with Crippen molar-refractivity contribution in [1.82, 2.24) is 0 Å². The number of hydrogen-bond donors (Lipinski definition) is 0. The molecule has 0 radical (unpaired) electrons. The van der Waals surface area contributed by atoms with Crippen molar-refractivity contribution in [2.75, 3.05) is 0 Å². The molecule has 12 heavy (non-hydrogen) atoms. The first-order chi connectivity index (χ1) is 5.63. The Labute approximate surface area is 71.1 Å². The van der Waals surface area contributed by atoms with Crippen molar-refractivity contribution in [3.8, 4) is 0 Å². The van der Waals surface area contributed by atoms with E-state index in [0.717, 1.165) is 11.2 Å². The molecule has 0 atom stereocenters. The molecule has 0 fully saturated rings. The minimum atomic E-state index is 0.913. The Morgan fingerprint density at radius 3 is 1.17 bits per heavy atom. The van der Waals surface area contributed by atoms with E-state index in [-0.39, 0.29) is 0 Å². The number of rotatable bonds is 0.